The Morgan fingerprint density at radius 1 is 0.523 bits per heavy atom. The first-order valence-electron chi connectivity index (χ1n) is 36.4. The summed E-state index contributed by atoms with van der Waals surface area (Å²) in [4.78, 5) is 83.9. The summed E-state index contributed by atoms with van der Waals surface area (Å²) in [5, 5.41) is 31.6. The summed E-state index contributed by atoms with van der Waals surface area (Å²) < 4.78 is 37.4. The standard InChI is InChI=1S/2C27H30N8O2.C26H24FN5O3/c2*1-33(2)15-18-16-35(10-11-37-18)17-4-5-23(29-12-17)32-22-14-30-25(21-13-31-27(36)24(21)22)19-6-8-28-26-20(19)7-9-34(26)3;1-15-6-9-32-20(14-29-24(32)23(15)27)17-3-4-19(22-18(17)13-30-25(22)33)31-21-5-2-16(12-28-21)26(34)7-10-35-11-8-26/h2*4-9,12,14,18H,10-11,13,15-16H2,1-3H3,(H,29,32)(H,31,36);2-6,9,12,14,34H,7-8,10-11,13H2,1H3,(H,28,31)(H,30,33)/t2*18-;/m10./s1. The lowest BCUT2D eigenvalue weighted by molar-refractivity contribution is -0.0681. The van der Waals surface area contributed by atoms with E-state index in [1.807, 2.05) is 103 Å². The molecule has 28 nitrogen and oxygen atoms in total. The van der Waals surface area contributed by atoms with Crippen molar-refractivity contribution in [3.63, 3.8) is 0 Å². The molecule has 0 saturated carbocycles. The van der Waals surface area contributed by atoms with Crippen molar-refractivity contribution in [1.82, 2.24) is 79.2 Å². The van der Waals surface area contributed by atoms with Gasteiger partial charge in [0.2, 0.25) is 0 Å². The number of aryl methyl sites for hydroxylation is 3. The molecule has 0 unspecified atom stereocenters. The number of benzene rings is 1. The van der Waals surface area contributed by atoms with Gasteiger partial charge in [0.15, 0.2) is 11.5 Å². The number of imidazole rings is 1. The van der Waals surface area contributed by atoms with E-state index in [-0.39, 0.29) is 41.4 Å². The molecular weight excluding hydrogens is 1390 g/mol. The molecule has 11 aromatic heterocycles. The first-order valence-corrected chi connectivity index (χ1v) is 36.4. The summed E-state index contributed by atoms with van der Waals surface area (Å²) in [6.07, 6.45) is 21.2. The number of hydrogen-bond donors (Lipinski definition) is 7. The van der Waals surface area contributed by atoms with Gasteiger partial charge in [0.1, 0.15) is 28.7 Å². The zero-order valence-electron chi connectivity index (χ0n) is 61.6. The van der Waals surface area contributed by atoms with E-state index in [1.165, 1.54) is 0 Å². The SMILES string of the molecule is CN(C)C[C@@H]1CN(c2ccc(Nc3cnc(-c4ccnc5c4ccn5C)c4c3C(=O)NC4)nc2)CCO1.CN(C)C[C@H]1CN(c2ccc(Nc3cnc(-c4ccnc5c4ccn5C)c4c3C(=O)NC4)nc2)CCO1.Cc1ccn2c(-c3ccc(Nc4ccc(C5(O)CCOCC5)cn4)c4c3CNC4=O)cnc2c1F. The van der Waals surface area contributed by atoms with Crippen LogP contribution < -0.4 is 41.7 Å². The molecular formula is C80H84FN21O7. The van der Waals surface area contributed by atoms with Crippen LogP contribution in [-0.2, 0) is 53.5 Å². The van der Waals surface area contributed by atoms with Gasteiger partial charge >= 0.3 is 0 Å². The van der Waals surface area contributed by atoms with Crippen LogP contribution >= 0.6 is 0 Å². The normalized spacial score (nSPS) is 17.2. The van der Waals surface area contributed by atoms with E-state index in [0.717, 1.165) is 123 Å². The maximum Gasteiger partial charge on any atom is 0.254 e. The zero-order chi connectivity index (χ0) is 75.2. The topological polar surface area (TPSA) is 302 Å². The van der Waals surface area contributed by atoms with Gasteiger partial charge in [0, 0.05) is 180 Å². The number of anilines is 8. The summed E-state index contributed by atoms with van der Waals surface area (Å²) in [7, 11) is 12.2. The lowest BCUT2D eigenvalue weighted by atomic mass is 9.87. The van der Waals surface area contributed by atoms with Gasteiger partial charge in [-0.05, 0) is 113 Å². The van der Waals surface area contributed by atoms with Crippen molar-refractivity contribution in [1.29, 1.82) is 0 Å². The van der Waals surface area contributed by atoms with E-state index in [2.05, 4.69) is 122 Å². The number of likely N-dealkylation sites (N-methyl/N-ethyl adjacent to an activating group) is 2. The molecule has 3 saturated heterocycles. The third kappa shape index (κ3) is 14.3. The highest BCUT2D eigenvalue weighted by molar-refractivity contribution is 6.09. The number of carbonyl (C=O) groups excluding carboxylic acids is 3. The van der Waals surface area contributed by atoms with Crippen molar-refractivity contribution in [3.8, 4) is 33.8 Å². The Kier molecular flexibility index (Phi) is 19.7. The highest BCUT2D eigenvalue weighted by Crippen LogP contribution is 2.41. The Morgan fingerprint density at radius 3 is 1.51 bits per heavy atom. The number of pyridine rings is 8. The van der Waals surface area contributed by atoms with Crippen LogP contribution in [0.4, 0.5) is 50.3 Å². The van der Waals surface area contributed by atoms with Crippen molar-refractivity contribution < 1.29 is 38.1 Å². The lowest BCUT2D eigenvalue weighted by Gasteiger charge is -2.35. The number of morpholine rings is 2. The van der Waals surface area contributed by atoms with Gasteiger partial charge in [0.05, 0.1) is 124 Å². The van der Waals surface area contributed by atoms with E-state index in [4.69, 9.17) is 24.2 Å². The molecule has 1 aromatic carbocycles. The number of hydrogen-bond acceptors (Lipinski definition) is 22. The largest absolute Gasteiger partial charge is 0.385 e. The van der Waals surface area contributed by atoms with Crippen LogP contribution in [0.2, 0.25) is 0 Å². The van der Waals surface area contributed by atoms with Gasteiger partial charge in [-0.15, -0.1) is 0 Å². The van der Waals surface area contributed by atoms with Crippen LogP contribution in [0.15, 0.2) is 147 Å². The third-order valence-electron chi connectivity index (χ3n) is 20.8. The minimum absolute atomic E-state index is 0.114. The maximum atomic E-state index is 14.6. The van der Waals surface area contributed by atoms with Gasteiger partial charge in [-0.25, -0.2) is 34.3 Å². The van der Waals surface area contributed by atoms with E-state index in [1.54, 1.807) is 66.8 Å². The number of carbonyl (C=O) groups is 3. The zero-order valence-corrected chi connectivity index (χ0v) is 61.6. The van der Waals surface area contributed by atoms with Gasteiger partial charge < -0.3 is 80.0 Å². The number of rotatable bonds is 16. The van der Waals surface area contributed by atoms with Crippen molar-refractivity contribution in [2.45, 2.75) is 57.2 Å². The minimum Gasteiger partial charge on any atom is -0.385 e. The molecule has 17 heterocycles. The number of halogens is 1. The van der Waals surface area contributed by atoms with E-state index in [0.29, 0.717) is 121 Å². The molecule has 109 heavy (non-hydrogen) atoms. The monoisotopic (exact) mass is 1470 g/mol. The van der Waals surface area contributed by atoms with Gasteiger partial charge in [-0.3, -0.25) is 28.8 Å². The number of nitrogens with zero attached hydrogens (tertiary/aromatic N) is 15. The Balaban J connectivity index is 0.000000125. The average molecular weight is 1470 g/mol. The molecule has 12 aromatic rings. The highest BCUT2D eigenvalue weighted by atomic mass is 19.1. The van der Waals surface area contributed by atoms with Crippen LogP contribution in [0.1, 0.15) is 71.7 Å². The second-order valence-corrected chi connectivity index (χ2v) is 28.7. The molecule has 0 bridgehead atoms. The fourth-order valence-corrected chi connectivity index (χ4v) is 15.3. The molecule has 3 fully saturated rings. The fraction of sp³-hybridized carbons (Fsp3) is 0.312. The molecule has 0 radical (unpaired) electrons. The fourth-order valence-electron chi connectivity index (χ4n) is 15.3. The summed E-state index contributed by atoms with van der Waals surface area (Å²) in [5.41, 5.74) is 15.7. The Morgan fingerprint density at radius 2 is 1.02 bits per heavy atom. The first-order chi connectivity index (χ1) is 52.9. The second-order valence-electron chi connectivity index (χ2n) is 28.7. The predicted octanol–water partition coefficient (Wildman–Crippen LogP) is 9.40. The molecule has 558 valence electrons. The number of fused-ring (bicyclic) bond motifs is 6. The first kappa shape index (κ1) is 71.4. The quantitative estimate of drug-likeness (QED) is 0.0474. The number of aromatic nitrogens is 11. The summed E-state index contributed by atoms with van der Waals surface area (Å²) >= 11 is 0. The molecule has 6 aliphatic rings. The van der Waals surface area contributed by atoms with Crippen molar-refractivity contribution in [2.75, 3.05) is 120 Å². The van der Waals surface area contributed by atoms with Crippen molar-refractivity contribution in [3.05, 3.63) is 197 Å². The highest BCUT2D eigenvalue weighted by Gasteiger charge is 2.35. The van der Waals surface area contributed by atoms with Crippen LogP contribution in [-0.4, -0.2) is 192 Å². The minimum atomic E-state index is -0.932. The molecule has 6 aliphatic heterocycles. The van der Waals surface area contributed by atoms with Crippen LogP contribution in [0, 0.1) is 12.7 Å². The van der Waals surface area contributed by atoms with E-state index < -0.39 is 5.60 Å². The number of amides is 3. The lowest BCUT2D eigenvalue weighted by Crippen LogP contribution is -2.46. The summed E-state index contributed by atoms with van der Waals surface area (Å²) in [6.45, 7) is 10.5. The van der Waals surface area contributed by atoms with Crippen LogP contribution in [0.5, 0.6) is 0 Å². The molecule has 7 N–H and O–H groups in total. The molecule has 2 atom stereocenters. The molecule has 3 amide bonds. The maximum absolute atomic E-state index is 14.6. The van der Waals surface area contributed by atoms with Crippen molar-refractivity contribution in [2.24, 2.45) is 14.1 Å². The van der Waals surface area contributed by atoms with E-state index in [9.17, 15) is 23.9 Å². The average Bonchev–Trinajstić information content (AvgIpc) is 1.65. The third-order valence-corrected chi connectivity index (χ3v) is 20.8. The Hall–Kier alpha value is -11.9. The Bertz CT molecular complexity index is 5230. The van der Waals surface area contributed by atoms with Gasteiger partial charge in [-0.1, -0.05) is 12.1 Å². The van der Waals surface area contributed by atoms with Gasteiger partial charge in [0.25, 0.3) is 17.7 Å². The van der Waals surface area contributed by atoms with Gasteiger partial charge in [-0.2, -0.15) is 0 Å². The van der Waals surface area contributed by atoms with E-state index >= 15 is 0 Å². The van der Waals surface area contributed by atoms with Crippen LogP contribution in [0.25, 0.3) is 61.5 Å². The Labute approximate surface area is 627 Å². The van der Waals surface area contributed by atoms with Crippen molar-refractivity contribution >= 4 is 91.3 Å². The molecule has 0 aliphatic carbocycles. The van der Waals surface area contributed by atoms with Crippen LogP contribution in [0.3, 0.4) is 0 Å². The predicted molar refractivity (Wildman–Crippen MR) is 414 cm³/mol. The number of nitrogens with one attached hydrogen (secondary N) is 6. The smallest absolute Gasteiger partial charge is 0.254 e. The summed E-state index contributed by atoms with van der Waals surface area (Å²) in [6, 6.07) is 25.0. The number of aliphatic hydroxyl groups is 1. The second kappa shape index (κ2) is 30.1. The molecule has 29 heteroatoms. The molecule has 18 rings (SSSR count). The number of ether oxygens (including phenoxy) is 3. The molecule has 0 spiro atoms. The summed E-state index contributed by atoms with van der Waals surface area (Å²) in [5.74, 6) is 1.11.